The molecule has 0 aromatic carbocycles. The SMILES string of the molecule is C[C@H](Nc1ncc2c(-c3ccc4nccn4n3)ccn2n1)C1CC1. The van der Waals surface area contributed by atoms with Crippen LogP contribution >= 0.6 is 0 Å². The van der Waals surface area contributed by atoms with Crippen LogP contribution in [-0.2, 0) is 0 Å². The minimum atomic E-state index is 0.419. The largest absolute Gasteiger partial charge is 0.350 e. The van der Waals surface area contributed by atoms with Gasteiger partial charge in [0.25, 0.3) is 0 Å². The van der Waals surface area contributed by atoms with Crippen LogP contribution in [0.5, 0.6) is 0 Å². The Morgan fingerprint density at radius 3 is 2.88 bits per heavy atom. The Labute approximate surface area is 138 Å². The van der Waals surface area contributed by atoms with E-state index in [9.17, 15) is 0 Å². The molecule has 7 heteroatoms. The van der Waals surface area contributed by atoms with E-state index in [4.69, 9.17) is 0 Å². The second-order valence-electron chi connectivity index (χ2n) is 6.36. The Hall–Kier alpha value is -2.96. The lowest BCUT2D eigenvalue weighted by atomic mass is 10.2. The fourth-order valence-electron chi connectivity index (χ4n) is 3.06. The topological polar surface area (TPSA) is 72.4 Å². The highest BCUT2D eigenvalue weighted by Gasteiger charge is 2.28. The highest BCUT2D eigenvalue weighted by Crippen LogP contribution is 2.33. The third-order valence-electron chi connectivity index (χ3n) is 4.63. The molecular formula is C17H17N7. The zero-order chi connectivity index (χ0) is 16.1. The first-order valence-electron chi connectivity index (χ1n) is 8.19. The Morgan fingerprint density at radius 2 is 2.00 bits per heavy atom. The van der Waals surface area contributed by atoms with Crippen LogP contribution in [0.4, 0.5) is 5.95 Å². The molecule has 1 N–H and O–H groups in total. The summed E-state index contributed by atoms with van der Waals surface area (Å²) in [7, 11) is 0. The second kappa shape index (κ2) is 5.02. The molecule has 1 saturated carbocycles. The van der Waals surface area contributed by atoms with Crippen molar-refractivity contribution in [2.24, 2.45) is 5.92 Å². The van der Waals surface area contributed by atoms with Crippen molar-refractivity contribution < 1.29 is 0 Å². The van der Waals surface area contributed by atoms with Crippen LogP contribution in [0.25, 0.3) is 22.4 Å². The number of nitrogens with one attached hydrogen (secondary N) is 1. The maximum absolute atomic E-state index is 4.60. The molecule has 0 spiro atoms. The molecule has 4 aromatic heterocycles. The Kier molecular flexibility index (Phi) is 2.82. The summed E-state index contributed by atoms with van der Waals surface area (Å²) in [6.07, 6.45) is 9.98. The van der Waals surface area contributed by atoms with Crippen LogP contribution in [0.2, 0.25) is 0 Å². The summed E-state index contributed by atoms with van der Waals surface area (Å²) in [6, 6.07) is 6.37. The van der Waals surface area contributed by atoms with Crippen LogP contribution in [-0.4, -0.2) is 35.2 Å². The standard InChI is InChI=1S/C17H17N7/c1-11(12-2-3-12)20-17-19-10-15-13(6-8-23(15)22-17)14-4-5-16-18-7-9-24(16)21-14/h4-12H,2-3H2,1H3,(H,20,22)/t11-/m0/s1. The van der Waals surface area contributed by atoms with E-state index >= 15 is 0 Å². The molecule has 120 valence electrons. The third-order valence-corrected chi connectivity index (χ3v) is 4.63. The molecule has 1 fully saturated rings. The van der Waals surface area contributed by atoms with Gasteiger partial charge in [0.2, 0.25) is 5.95 Å². The number of nitrogens with zero attached hydrogens (tertiary/aromatic N) is 6. The van der Waals surface area contributed by atoms with Gasteiger partial charge in [-0.1, -0.05) is 0 Å². The van der Waals surface area contributed by atoms with Gasteiger partial charge >= 0.3 is 0 Å². The third kappa shape index (κ3) is 2.20. The van der Waals surface area contributed by atoms with E-state index < -0.39 is 0 Å². The molecule has 0 bridgehead atoms. The number of hydrogen-bond donors (Lipinski definition) is 1. The van der Waals surface area contributed by atoms with E-state index in [1.54, 1.807) is 10.7 Å². The molecule has 7 nitrogen and oxygen atoms in total. The molecule has 0 radical (unpaired) electrons. The van der Waals surface area contributed by atoms with Gasteiger partial charge in [-0.2, -0.15) is 5.10 Å². The summed E-state index contributed by atoms with van der Waals surface area (Å²) in [5.74, 6) is 1.43. The zero-order valence-corrected chi connectivity index (χ0v) is 13.3. The highest BCUT2D eigenvalue weighted by atomic mass is 15.3. The summed E-state index contributed by atoms with van der Waals surface area (Å²) in [5, 5.41) is 12.6. The Morgan fingerprint density at radius 1 is 1.08 bits per heavy atom. The summed E-state index contributed by atoms with van der Waals surface area (Å²) >= 11 is 0. The fourth-order valence-corrected chi connectivity index (χ4v) is 3.06. The second-order valence-corrected chi connectivity index (χ2v) is 6.36. The van der Waals surface area contributed by atoms with Gasteiger partial charge in [-0.15, -0.1) is 5.10 Å². The van der Waals surface area contributed by atoms with Gasteiger partial charge in [-0.05, 0) is 43.9 Å². The van der Waals surface area contributed by atoms with Crippen LogP contribution in [0.3, 0.4) is 0 Å². The first-order chi connectivity index (χ1) is 11.8. The van der Waals surface area contributed by atoms with Crippen molar-refractivity contribution in [3.8, 4) is 11.3 Å². The van der Waals surface area contributed by atoms with Crippen LogP contribution in [0.15, 0.2) is 43.0 Å². The quantitative estimate of drug-likeness (QED) is 0.626. The van der Waals surface area contributed by atoms with Gasteiger partial charge in [0.05, 0.1) is 17.4 Å². The molecule has 5 rings (SSSR count). The van der Waals surface area contributed by atoms with Gasteiger partial charge in [0.15, 0.2) is 5.65 Å². The molecule has 1 atom stereocenters. The van der Waals surface area contributed by atoms with Crippen LogP contribution in [0.1, 0.15) is 19.8 Å². The zero-order valence-electron chi connectivity index (χ0n) is 13.3. The van der Waals surface area contributed by atoms with E-state index in [1.165, 1.54) is 12.8 Å². The summed E-state index contributed by atoms with van der Waals surface area (Å²) in [6.45, 7) is 2.19. The van der Waals surface area contributed by atoms with E-state index in [0.717, 1.165) is 28.3 Å². The predicted octanol–water partition coefficient (Wildman–Crippen LogP) is 2.65. The van der Waals surface area contributed by atoms with Crippen molar-refractivity contribution in [1.82, 2.24) is 29.2 Å². The number of rotatable bonds is 4. The van der Waals surface area contributed by atoms with Crippen molar-refractivity contribution in [3.63, 3.8) is 0 Å². The lowest BCUT2D eigenvalue weighted by molar-refractivity contribution is 0.680. The summed E-state index contributed by atoms with van der Waals surface area (Å²) < 4.78 is 3.62. The van der Waals surface area contributed by atoms with Gasteiger partial charge in [-0.3, -0.25) is 0 Å². The Balaban J connectivity index is 1.52. The van der Waals surface area contributed by atoms with E-state index in [-0.39, 0.29) is 0 Å². The minimum Gasteiger partial charge on any atom is -0.350 e. The van der Waals surface area contributed by atoms with E-state index in [1.807, 2.05) is 41.3 Å². The highest BCUT2D eigenvalue weighted by molar-refractivity contribution is 5.78. The van der Waals surface area contributed by atoms with E-state index in [2.05, 4.69) is 32.4 Å². The number of aromatic nitrogens is 6. The molecule has 0 amide bonds. The lowest BCUT2D eigenvalue weighted by Crippen LogP contribution is -2.19. The van der Waals surface area contributed by atoms with Crippen molar-refractivity contribution in [2.75, 3.05) is 5.32 Å². The molecule has 4 heterocycles. The van der Waals surface area contributed by atoms with Crippen molar-refractivity contribution in [3.05, 3.63) is 43.0 Å². The fraction of sp³-hybridized carbons (Fsp3) is 0.294. The number of anilines is 1. The maximum Gasteiger partial charge on any atom is 0.241 e. The lowest BCUT2D eigenvalue weighted by Gasteiger charge is -2.12. The Bertz CT molecular complexity index is 1030. The van der Waals surface area contributed by atoms with Gasteiger partial charge in [0.1, 0.15) is 0 Å². The average molecular weight is 319 g/mol. The molecule has 1 aliphatic rings. The summed E-state index contributed by atoms with van der Waals surface area (Å²) in [4.78, 5) is 8.70. The van der Waals surface area contributed by atoms with Gasteiger partial charge in [-0.25, -0.2) is 19.0 Å². The molecule has 4 aromatic rings. The maximum atomic E-state index is 4.60. The molecule has 0 saturated heterocycles. The van der Waals surface area contributed by atoms with Crippen molar-refractivity contribution in [2.45, 2.75) is 25.8 Å². The van der Waals surface area contributed by atoms with Gasteiger partial charge < -0.3 is 5.32 Å². The van der Waals surface area contributed by atoms with Crippen molar-refractivity contribution in [1.29, 1.82) is 0 Å². The smallest absolute Gasteiger partial charge is 0.241 e. The molecular weight excluding hydrogens is 302 g/mol. The summed E-state index contributed by atoms with van der Waals surface area (Å²) in [5.41, 5.74) is 3.65. The number of imidazole rings is 1. The van der Waals surface area contributed by atoms with Gasteiger partial charge in [0, 0.05) is 30.2 Å². The normalized spacial score (nSPS) is 15.9. The van der Waals surface area contributed by atoms with Crippen LogP contribution < -0.4 is 5.32 Å². The molecule has 0 aliphatic heterocycles. The minimum absolute atomic E-state index is 0.419. The number of hydrogen-bond acceptors (Lipinski definition) is 5. The average Bonchev–Trinajstić information content (AvgIpc) is 3.20. The molecule has 0 unspecified atom stereocenters. The molecule has 24 heavy (non-hydrogen) atoms. The first-order valence-corrected chi connectivity index (χ1v) is 8.19. The number of fused-ring (bicyclic) bond motifs is 2. The first kappa shape index (κ1) is 13.5. The van der Waals surface area contributed by atoms with Crippen LogP contribution in [0, 0.1) is 5.92 Å². The van der Waals surface area contributed by atoms with E-state index in [0.29, 0.717) is 12.0 Å². The predicted molar refractivity (Wildman–Crippen MR) is 90.8 cm³/mol. The monoisotopic (exact) mass is 319 g/mol. The van der Waals surface area contributed by atoms with Crippen molar-refractivity contribution >= 4 is 17.1 Å². The molecule has 1 aliphatic carbocycles.